The highest BCUT2D eigenvalue weighted by Crippen LogP contribution is 2.29. The Morgan fingerprint density at radius 1 is 1.29 bits per heavy atom. The van der Waals surface area contributed by atoms with Crippen LogP contribution >= 0.6 is 0 Å². The van der Waals surface area contributed by atoms with Crippen molar-refractivity contribution in [1.29, 1.82) is 0 Å². The molecule has 1 saturated carbocycles. The Morgan fingerprint density at radius 3 is 2.50 bits per heavy atom. The van der Waals surface area contributed by atoms with Crippen LogP contribution in [0.4, 0.5) is 0 Å². The molecule has 2 fully saturated rings. The fraction of sp³-hybridized carbons (Fsp3) is 0.909. The van der Waals surface area contributed by atoms with E-state index in [0.717, 1.165) is 18.3 Å². The molecule has 1 heterocycles. The molecule has 2 N–H and O–H groups in total. The topological polar surface area (TPSA) is 41.6 Å². The highest BCUT2D eigenvalue weighted by atomic mass is 15.1. The summed E-state index contributed by atoms with van der Waals surface area (Å²) in [6, 6.07) is 0. The van der Waals surface area contributed by atoms with Crippen molar-refractivity contribution < 1.29 is 0 Å². The van der Waals surface area contributed by atoms with Crippen LogP contribution in [0.15, 0.2) is 4.99 Å². The Kier molecular flexibility index (Phi) is 3.06. The fourth-order valence-electron chi connectivity index (χ4n) is 1.99. The third-order valence-corrected chi connectivity index (χ3v) is 3.37. The molecule has 0 unspecified atom stereocenters. The number of aliphatic imine (C=N–C) groups is 1. The highest BCUT2D eigenvalue weighted by molar-refractivity contribution is 5.84. The molecule has 3 nitrogen and oxygen atoms in total. The number of amidine groups is 1. The summed E-state index contributed by atoms with van der Waals surface area (Å²) < 4.78 is 0. The van der Waals surface area contributed by atoms with E-state index in [1.165, 1.54) is 38.8 Å². The molecule has 14 heavy (non-hydrogen) atoms. The molecule has 0 spiro atoms. The summed E-state index contributed by atoms with van der Waals surface area (Å²) in [5.41, 5.74) is 5.86. The molecule has 1 saturated heterocycles. The van der Waals surface area contributed by atoms with Gasteiger partial charge >= 0.3 is 0 Å². The molecule has 2 aliphatic rings. The van der Waals surface area contributed by atoms with Gasteiger partial charge in [-0.15, -0.1) is 0 Å². The van der Waals surface area contributed by atoms with Crippen LogP contribution in [-0.4, -0.2) is 37.4 Å². The number of likely N-dealkylation sites (tertiary alicyclic amines) is 1. The van der Waals surface area contributed by atoms with Crippen molar-refractivity contribution in [3.8, 4) is 0 Å². The second-order valence-electron chi connectivity index (χ2n) is 4.79. The maximum absolute atomic E-state index is 5.86. The van der Waals surface area contributed by atoms with Gasteiger partial charge in [0.25, 0.3) is 0 Å². The van der Waals surface area contributed by atoms with Gasteiger partial charge in [0.05, 0.1) is 5.84 Å². The highest BCUT2D eigenvalue weighted by Gasteiger charge is 2.25. The van der Waals surface area contributed by atoms with E-state index in [4.69, 9.17) is 5.73 Å². The normalized spacial score (nSPS) is 26.8. The van der Waals surface area contributed by atoms with Crippen molar-refractivity contribution in [3.63, 3.8) is 0 Å². The first-order valence-corrected chi connectivity index (χ1v) is 5.74. The molecule has 80 valence electrons. The lowest BCUT2D eigenvalue weighted by Gasteiger charge is -2.27. The number of hydrogen-bond acceptors (Lipinski definition) is 2. The van der Waals surface area contributed by atoms with Crippen molar-refractivity contribution in [1.82, 2.24) is 4.90 Å². The van der Waals surface area contributed by atoms with Crippen molar-refractivity contribution in [2.24, 2.45) is 22.6 Å². The Labute approximate surface area is 86.4 Å². The van der Waals surface area contributed by atoms with E-state index in [1.807, 2.05) is 0 Å². The predicted octanol–water partition coefficient (Wildman–Crippen LogP) is 1.10. The zero-order valence-corrected chi connectivity index (χ0v) is 9.08. The third-order valence-electron chi connectivity index (χ3n) is 3.37. The standard InChI is InChI=1S/C11H21N3/c1-14-6-4-9(5-7-14)8-13-11(12)10-2-3-10/h9-10H,2-8H2,1H3,(H2,12,13). The first kappa shape index (κ1) is 9.97. The molecule has 0 aromatic heterocycles. The number of piperidine rings is 1. The zero-order valence-electron chi connectivity index (χ0n) is 9.08. The van der Waals surface area contributed by atoms with E-state index < -0.39 is 0 Å². The van der Waals surface area contributed by atoms with Gasteiger partial charge in [-0.1, -0.05) is 0 Å². The number of nitrogens with zero attached hydrogens (tertiary/aromatic N) is 2. The van der Waals surface area contributed by atoms with Gasteiger partial charge in [0.15, 0.2) is 0 Å². The molecule has 2 rings (SSSR count). The van der Waals surface area contributed by atoms with Gasteiger partial charge in [0.1, 0.15) is 0 Å². The van der Waals surface area contributed by atoms with Gasteiger partial charge in [0.2, 0.25) is 0 Å². The monoisotopic (exact) mass is 195 g/mol. The smallest absolute Gasteiger partial charge is 0.0968 e. The lowest BCUT2D eigenvalue weighted by atomic mass is 9.97. The summed E-state index contributed by atoms with van der Waals surface area (Å²) in [7, 11) is 2.19. The quantitative estimate of drug-likeness (QED) is 0.541. The predicted molar refractivity (Wildman–Crippen MR) is 59.4 cm³/mol. The lowest BCUT2D eigenvalue weighted by Crippen LogP contribution is -2.31. The van der Waals surface area contributed by atoms with Crippen molar-refractivity contribution in [2.75, 3.05) is 26.7 Å². The Morgan fingerprint density at radius 2 is 1.93 bits per heavy atom. The first-order chi connectivity index (χ1) is 6.75. The molecule has 1 aliphatic heterocycles. The second kappa shape index (κ2) is 4.30. The van der Waals surface area contributed by atoms with E-state index in [9.17, 15) is 0 Å². The van der Waals surface area contributed by atoms with E-state index in [0.29, 0.717) is 5.92 Å². The maximum atomic E-state index is 5.86. The van der Waals surface area contributed by atoms with Gasteiger partial charge in [-0.3, -0.25) is 4.99 Å². The van der Waals surface area contributed by atoms with Gasteiger partial charge in [-0.05, 0) is 51.7 Å². The number of nitrogens with two attached hydrogens (primary N) is 1. The minimum Gasteiger partial charge on any atom is -0.387 e. The molecule has 0 amide bonds. The van der Waals surface area contributed by atoms with Crippen LogP contribution in [0.5, 0.6) is 0 Å². The Bertz CT molecular complexity index is 213. The molecule has 1 aliphatic carbocycles. The van der Waals surface area contributed by atoms with Crippen molar-refractivity contribution in [3.05, 3.63) is 0 Å². The SMILES string of the molecule is CN1CCC(CN=C(N)C2CC2)CC1. The van der Waals surface area contributed by atoms with Crippen molar-refractivity contribution >= 4 is 5.84 Å². The van der Waals surface area contributed by atoms with E-state index in [2.05, 4.69) is 16.9 Å². The molecule has 0 atom stereocenters. The van der Waals surface area contributed by atoms with E-state index in [1.54, 1.807) is 0 Å². The Hall–Kier alpha value is -0.570. The van der Waals surface area contributed by atoms with Crippen LogP contribution in [0.3, 0.4) is 0 Å². The molecule has 0 radical (unpaired) electrons. The van der Waals surface area contributed by atoms with Crippen LogP contribution in [-0.2, 0) is 0 Å². The summed E-state index contributed by atoms with van der Waals surface area (Å²) in [4.78, 5) is 6.90. The number of hydrogen-bond donors (Lipinski definition) is 1. The van der Waals surface area contributed by atoms with Gasteiger partial charge in [-0.2, -0.15) is 0 Å². The largest absolute Gasteiger partial charge is 0.387 e. The average Bonchev–Trinajstić information content (AvgIpc) is 3.00. The lowest BCUT2D eigenvalue weighted by molar-refractivity contribution is 0.223. The van der Waals surface area contributed by atoms with Crippen molar-refractivity contribution in [2.45, 2.75) is 25.7 Å². The van der Waals surface area contributed by atoms with Gasteiger partial charge in [-0.25, -0.2) is 0 Å². The second-order valence-corrected chi connectivity index (χ2v) is 4.79. The van der Waals surface area contributed by atoms with Crippen LogP contribution in [0, 0.1) is 11.8 Å². The van der Waals surface area contributed by atoms with Crippen LogP contribution in [0.25, 0.3) is 0 Å². The summed E-state index contributed by atoms with van der Waals surface area (Å²) in [5, 5.41) is 0. The molecule has 0 bridgehead atoms. The minimum atomic E-state index is 0.640. The van der Waals surface area contributed by atoms with Gasteiger partial charge in [0, 0.05) is 12.5 Å². The van der Waals surface area contributed by atoms with Crippen LogP contribution < -0.4 is 5.73 Å². The van der Waals surface area contributed by atoms with Crippen LogP contribution in [0.2, 0.25) is 0 Å². The molecular weight excluding hydrogens is 174 g/mol. The Balaban J connectivity index is 1.72. The number of rotatable bonds is 3. The van der Waals surface area contributed by atoms with Crippen LogP contribution in [0.1, 0.15) is 25.7 Å². The summed E-state index contributed by atoms with van der Waals surface area (Å²) in [6.07, 6.45) is 5.11. The third kappa shape index (κ3) is 2.71. The fourth-order valence-corrected chi connectivity index (χ4v) is 1.99. The zero-order chi connectivity index (χ0) is 9.97. The van der Waals surface area contributed by atoms with E-state index >= 15 is 0 Å². The summed E-state index contributed by atoms with van der Waals surface area (Å²) in [5.74, 6) is 2.34. The molecule has 0 aromatic rings. The molecule has 3 heteroatoms. The van der Waals surface area contributed by atoms with E-state index in [-0.39, 0.29) is 0 Å². The summed E-state index contributed by atoms with van der Waals surface area (Å²) in [6.45, 7) is 3.42. The summed E-state index contributed by atoms with van der Waals surface area (Å²) >= 11 is 0. The first-order valence-electron chi connectivity index (χ1n) is 5.74. The average molecular weight is 195 g/mol. The van der Waals surface area contributed by atoms with Gasteiger partial charge < -0.3 is 10.6 Å². The molecular formula is C11H21N3. The maximum Gasteiger partial charge on any atom is 0.0968 e. The molecule has 0 aromatic carbocycles. The minimum absolute atomic E-state index is 0.640.